The fraction of sp³-hybridized carbons (Fsp3) is 0.292. The Kier molecular flexibility index (Phi) is 5.30. The average molecular weight is 389 g/mol. The summed E-state index contributed by atoms with van der Waals surface area (Å²) < 4.78 is 5.27. The molecule has 5 heteroatoms. The predicted octanol–water partition coefficient (Wildman–Crippen LogP) is 3.87. The SMILES string of the molecule is CC(=O)N1C=Cc2ccccc2[C@@H]1CC(=O)OCC(=O)c1ccc2c(c1)CCC2. The molecule has 1 heterocycles. The first-order valence-corrected chi connectivity index (χ1v) is 9.89. The van der Waals surface area contributed by atoms with Crippen molar-refractivity contribution >= 4 is 23.7 Å². The Morgan fingerprint density at radius 1 is 1.07 bits per heavy atom. The summed E-state index contributed by atoms with van der Waals surface area (Å²) in [5.41, 5.74) is 4.95. The Hall–Kier alpha value is -3.21. The summed E-state index contributed by atoms with van der Waals surface area (Å²) in [5, 5.41) is 0. The molecule has 148 valence electrons. The maximum atomic E-state index is 12.5. The fourth-order valence-corrected chi connectivity index (χ4v) is 4.10. The third kappa shape index (κ3) is 3.99. The van der Waals surface area contributed by atoms with Crippen LogP contribution < -0.4 is 0 Å². The van der Waals surface area contributed by atoms with Crippen LogP contribution in [0.1, 0.15) is 58.4 Å². The summed E-state index contributed by atoms with van der Waals surface area (Å²) in [6.45, 7) is 1.18. The van der Waals surface area contributed by atoms with Crippen molar-refractivity contribution < 1.29 is 19.1 Å². The predicted molar refractivity (Wildman–Crippen MR) is 109 cm³/mol. The Balaban J connectivity index is 1.41. The number of rotatable bonds is 5. The van der Waals surface area contributed by atoms with Gasteiger partial charge in [0.2, 0.25) is 5.91 Å². The molecule has 0 saturated heterocycles. The Morgan fingerprint density at radius 2 is 1.86 bits per heavy atom. The summed E-state index contributed by atoms with van der Waals surface area (Å²) in [6, 6.07) is 12.9. The van der Waals surface area contributed by atoms with Gasteiger partial charge < -0.3 is 9.64 Å². The number of ether oxygens (including phenoxy) is 1. The molecule has 5 nitrogen and oxygen atoms in total. The first-order valence-electron chi connectivity index (χ1n) is 9.89. The second-order valence-corrected chi connectivity index (χ2v) is 7.51. The summed E-state index contributed by atoms with van der Waals surface area (Å²) in [5.74, 6) is -0.857. The van der Waals surface area contributed by atoms with E-state index in [1.54, 1.807) is 12.3 Å². The minimum Gasteiger partial charge on any atom is -0.457 e. The van der Waals surface area contributed by atoms with Crippen molar-refractivity contribution in [1.82, 2.24) is 4.90 Å². The first kappa shape index (κ1) is 19.1. The van der Waals surface area contributed by atoms with E-state index in [2.05, 4.69) is 0 Å². The molecule has 0 radical (unpaired) electrons. The van der Waals surface area contributed by atoms with Crippen LogP contribution in [0.5, 0.6) is 0 Å². The van der Waals surface area contributed by atoms with Gasteiger partial charge in [0.1, 0.15) is 0 Å². The van der Waals surface area contributed by atoms with Crippen LogP contribution in [0, 0.1) is 0 Å². The highest BCUT2D eigenvalue weighted by Gasteiger charge is 2.29. The maximum Gasteiger partial charge on any atom is 0.308 e. The van der Waals surface area contributed by atoms with E-state index in [0.29, 0.717) is 5.56 Å². The van der Waals surface area contributed by atoms with Crippen molar-refractivity contribution in [3.63, 3.8) is 0 Å². The van der Waals surface area contributed by atoms with E-state index >= 15 is 0 Å². The van der Waals surface area contributed by atoms with Crippen LogP contribution in [0.4, 0.5) is 0 Å². The summed E-state index contributed by atoms with van der Waals surface area (Å²) in [6.07, 6.45) is 6.72. The molecular weight excluding hydrogens is 366 g/mol. The van der Waals surface area contributed by atoms with Gasteiger partial charge in [-0.15, -0.1) is 0 Å². The Labute approximate surface area is 170 Å². The number of hydrogen-bond donors (Lipinski definition) is 0. The minimum absolute atomic E-state index is 0.00159. The van der Waals surface area contributed by atoms with E-state index in [1.807, 2.05) is 42.5 Å². The zero-order valence-corrected chi connectivity index (χ0v) is 16.4. The number of amides is 1. The van der Waals surface area contributed by atoms with Gasteiger partial charge in [0, 0.05) is 18.7 Å². The molecule has 2 aromatic rings. The quantitative estimate of drug-likeness (QED) is 0.575. The van der Waals surface area contributed by atoms with Crippen LogP contribution in [-0.2, 0) is 27.2 Å². The average Bonchev–Trinajstić information content (AvgIpc) is 3.20. The van der Waals surface area contributed by atoms with Gasteiger partial charge in [0.15, 0.2) is 12.4 Å². The molecule has 0 N–H and O–H groups in total. The van der Waals surface area contributed by atoms with Crippen molar-refractivity contribution in [2.24, 2.45) is 0 Å². The number of Topliss-reactive ketones (excluding diaryl/α,β-unsaturated/α-hetero) is 1. The molecule has 2 aliphatic rings. The lowest BCUT2D eigenvalue weighted by Crippen LogP contribution is -2.32. The van der Waals surface area contributed by atoms with Gasteiger partial charge >= 0.3 is 5.97 Å². The Bertz CT molecular complexity index is 1010. The van der Waals surface area contributed by atoms with Gasteiger partial charge in [-0.2, -0.15) is 0 Å². The van der Waals surface area contributed by atoms with Crippen LogP contribution in [0.2, 0.25) is 0 Å². The minimum atomic E-state index is -0.499. The number of hydrogen-bond acceptors (Lipinski definition) is 4. The molecule has 0 aromatic heterocycles. The first-order chi connectivity index (χ1) is 14.0. The third-order valence-corrected chi connectivity index (χ3v) is 5.61. The largest absolute Gasteiger partial charge is 0.457 e. The molecule has 1 aliphatic heterocycles. The van der Waals surface area contributed by atoms with Crippen molar-refractivity contribution in [3.05, 3.63) is 76.5 Å². The van der Waals surface area contributed by atoms with Crippen molar-refractivity contribution in [2.75, 3.05) is 6.61 Å². The number of carbonyl (C=O) groups excluding carboxylic acids is 3. The van der Waals surface area contributed by atoms with Gasteiger partial charge in [0.05, 0.1) is 12.5 Å². The molecule has 1 aliphatic carbocycles. The molecular formula is C24H23NO4. The van der Waals surface area contributed by atoms with Crippen LogP contribution >= 0.6 is 0 Å². The van der Waals surface area contributed by atoms with Crippen LogP contribution in [-0.4, -0.2) is 29.2 Å². The van der Waals surface area contributed by atoms with E-state index in [1.165, 1.54) is 23.0 Å². The van der Waals surface area contributed by atoms with E-state index in [0.717, 1.165) is 30.4 Å². The van der Waals surface area contributed by atoms with Crippen molar-refractivity contribution in [3.8, 4) is 0 Å². The van der Waals surface area contributed by atoms with E-state index in [9.17, 15) is 14.4 Å². The monoisotopic (exact) mass is 389 g/mol. The number of carbonyl (C=O) groups is 3. The van der Waals surface area contributed by atoms with Gasteiger partial charge in [-0.3, -0.25) is 14.4 Å². The molecule has 0 spiro atoms. The molecule has 2 aromatic carbocycles. The standard InChI is InChI=1S/C24H23NO4/c1-16(26)25-12-11-18-5-2-3-8-21(18)22(25)14-24(28)29-15-23(27)20-10-9-17-6-4-7-19(17)13-20/h2-3,5,8-13,22H,4,6-7,14-15H2,1H3/t22-/m0/s1. The maximum absolute atomic E-state index is 12.5. The lowest BCUT2D eigenvalue weighted by atomic mass is 9.94. The lowest BCUT2D eigenvalue weighted by molar-refractivity contribution is -0.144. The van der Waals surface area contributed by atoms with Crippen LogP contribution in [0.15, 0.2) is 48.7 Å². The molecule has 29 heavy (non-hydrogen) atoms. The molecule has 1 atom stereocenters. The molecule has 0 fully saturated rings. The Morgan fingerprint density at radius 3 is 2.69 bits per heavy atom. The molecule has 4 rings (SSSR count). The zero-order chi connectivity index (χ0) is 20.4. The fourth-order valence-electron chi connectivity index (χ4n) is 4.10. The molecule has 0 saturated carbocycles. The second kappa shape index (κ2) is 8.03. The normalized spacial score (nSPS) is 16.9. The number of benzene rings is 2. The highest BCUT2D eigenvalue weighted by molar-refractivity contribution is 5.98. The van der Waals surface area contributed by atoms with Crippen molar-refractivity contribution in [1.29, 1.82) is 0 Å². The number of fused-ring (bicyclic) bond motifs is 2. The number of nitrogens with zero attached hydrogens (tertiary/aromatic N) is 1. The van der Waals surface area contributed by atoms with E-state index in [4.69, 9.17) is 4.74 Å². The summed E-state index contributed by atoms with van der Waals surface area (Å²) in [4.78, 5) is 38.5. The highest BCUT2D eigenvalue weighted by atomic mass is 16.5. The summed E-state index contributed by atoms with van der Waals surface area (Å²) >= 11 is 0. The number of esters is 1. The smallest absolute Gasteiger partial charge is 0.308 e. The van der Waals surface area contributed by atoms with Crippen LogP contribution in [0.3, 0.4) is 0 Å². The van der Waals surface area contributed by atoms with E-state index < -0.39 is 12.0 Å². The third-order valence-electron chi connectivity index (χ3n) is 5.61. The van der Waals surface area contributed by atoms with Gasteiger partial charge in [-0.05, 0) is 53.7 Å². The summed E-state index contributed by atoms with van der Waals surface area (Å²) in [7, 11) is 0. The van der Waals surface area contributed by atoms with Crippen molar-refractivity contribution in [2.45, 2.75) is 38.6 Å². The molecule has 0 unspecified atom stereocenters. The van der Waals surface area contributed by atoms with Crippen LogP contribution in [0.25, 0.3) is 6.08 Å². The second-order valence-electron chi connectivity index (χ2n) is 7.51. The molecule has 0 bridgehead atoms. The number of aryl methyl sites for hydroxylation is 2. The van der Waals surface area contributed by atoms with Gasteiger partial charge in [0.25, 0.3) is 0 Å². The number of ketones is 1. The van der Waals surface area contributed by atoms with E-state index in [-0.39, 0.29) is 24.7 Å². The zero-order valence-electron chi connectivity index (χ0n) is 16.4. The molecule has 1 amide bonds. The van der Waals surface area contributed by atoms with Gasteiger partial charge in [-0.1, -0.05) is 36.4 Å². The topological polar surface area (TPSA) is 63.7 Å². The lowest BCUT2D eigenvalue weighted by Gasteiger charge is -2.32. The van der Waals surface area contributed by atoms with Gasteiger partial charge in [-0.25, -0.2) is 0 Å². The highest BCUT2D eigenvalue weighted by Crippen LogP contribution is 2.33.